The van der Waals surface area contributed by atoms with E-state index in [0.29, 0.717) is 6.54 Å². The van der Waals surface area contributed by atoms with Crippen LogP contribution in [0.4, 0.5) is 0 Å². The number of quaternary nitrogens is 1. The second-order valence-electron chi connectivity index (χ2n) is 6.14. The van der Waals surface area contributed by atoms with Gasteiger partial charge in [-0.25, -0.2) is 0 Å². The summed E-state index contributed by atoms with van der Waals surface area (Å²) in [6, 6.07) is 27.7. The smallest absolute Gasteiger partial charge is 0.163 e. The molecule has 128 valence electrons. The normalized spacial score (nSPS) is 11.3. The number of aliphatic hydroxyl groups is 1. The molecule has 3 aromatic rings. The summed E-state index contributed by atoms with van der Waals surface area (Å²) in [7, 11) is 1.67. The van der Waals surface area contributed by atoms with Crippen molar-refractivity contribution in [2.45, 2.75) is 12.1 Å². The van der Waals surface area contributed by atoms with Crippen molar-refractivity contribution in [3.05, 3.63) is 102 Å². The zero-order valence-electron chi connectivity index (χ0n) is 14.4. The number of nitrogens with two attached hydrogens (primary N) is 1. The summed E-state index contributed by atoms with van der Waals surface area (Å²) < 4.78 is 5.28. The molecular formula is C22H24NO2+. The van der Waals surface area contributed by atoms with Crippen molar-refractivity contribution in [1.29, 1.82) is 0 Å². The first-order valence-corrected chi connectivity index (χ1v) is 8.50. The van der Waals surface area contributed by atoms with Gasteiger partial charge < -0.3 is 15.2 Å². The highest BCUT2D eigenvalue weighted by atomic mass is 16.5. The minimum atomic E-state index is -1.03. The largest absolute Gasteiger partial charge is 0.497 e. The Bertz CT molecular complexity index is 748. The third kappa shape index (κ3) is 4.08. The first kappa shape index (κ1) is 17.2. The molecule has 0 aliphatic rings. The molecule has 0 heterocycles. The third-order valence-corrected chi connectivity index (χ3v) is 4.46. The second-order valence-corrected chi connectivity index (χ2v) is 6.14. The first-order chi connectivity index (χ1) is 12.2. The molecule has 3 rings (SSSR count). The van der Waals surface area contributed by atoms with Crippen molar-refractivity contribution in [3.8, 4) is 5.75 Å². The summed E-state index contributed by atoms with van der Waals surface area (Å²) >= 11 is 0. The molecule has 3 nitrogen and oxygen atoms in total. The fraction of sp³-hybridized carbons (Fsp3) is 0.182. The highest BCUT2D eigenvalue weighted by Crippen LogP contribution is 2.27. The predicted molar refractivity (Wildman–Crippen MR) is 99.4 cm³/mol. The van der Waals surface area contributed by atoms with Crippen LogP contribution in [0.1, 0.15) is 16.7 Å². The van der Waals surface area contributed by atoms with Gasteiger partial charge in [-0.15, -0.1) is 0 Å². The molecule has 0 radical (unpaired) electrons. The molecule has 0 amide bonds. The van der Waals surface area contributed by atoms with E-state index in [4.69, 9.17) is 4.74 Å². The molecule has 0 saturated carbocycles. The molecule has 0 aliphatic heterocycles. The third-order valence-electron chi connectivity index (χ3n) is 4.46. The van der Waals surface area contributed by atoms with Crippen molar-refractivity contribution < 1.29 is 15.2 Å². The monoisotopic (exact) mass is 334 g/mol. The van der Waals surface area contributed by atoms with Gasteiger partial charge >= 0.3 is 0 Å². The van der Waals surface area contributed by atoms with Crippen LogP contribution in [0, 0.1) is 0 Å². The Kier molecular flexibility index (Phi) is 5.49. The Hall–Kier alpha value is -2.62. The lowest BCUT2D eigenvalue weighted by Crippen LogP contribution is -2.86. The van der Waals surface area contributed by atoms with E-state index in [-0.39, 0.29) is 0 Å². The van der Waals surface area contributed by atoms with E-state index in [2.05, 4.69) is 11.4 Å². The van der Waals surface area contributed by atoms with E-state index in [0.717, 1.165) is 23.4 Å². The van der Waals surface area contributed by atoms with Crippen LogP contribution in [-0.2, 0) is 12.1 Å². The van der Waals surface area contributed by atoms with Gasteiger partial charge in [0.15, 0.2) is 5.60 Å². The maximum Gasteiger partial charge on any atom is 0.163 e. The number of ether oxygens (including phenoxy) is 1. The fourth-order valence-corrected chi connectivity index (χ4v) is 3.08. The van der Waals surface area contributed by atoms with Crippen molar-refractivity contribution in [3.63, 3.8) is 0 Å². The Morgan fingerprint density at radius 2 is 1.44 bits per heavy atom. The van der Waals surface area contributed by atoms with Gasteiger partial charge in [0, 0.05) is 5.56 Å². The van der Waals surface area contributed by atoms with Crippen LogP contribution in [0.5, 0.6) is 5.75 Å². The van der Waals surface area contributed by atoms with Crippen molar-refractivity contribution in [2.75, 3.05) is 13.7 Å². The van der Waals surface area contributed by atoms with E-state index in [1.807, 2.05) is 78.9 Å². The van der Waals surface area contributed by atoms with Crippen LogP contribution in [0.2, 0.25) is 0 Å². The summed E-state index contributed by atoms with van der Waals surface area (Å²) in [6.45, 7) is 1.32. The van der Waals surface area contributed by atoms with Crippen LogP contribution >= 0.6 is 0 Å². The number of hydrogen-bond donors (Lipinski definition) is 2. The molecular weight excluding hydrogens is 310 g/mol. The van der Waals surface area contributed by atoms with E-state index in [1.165, 1.54) is 5.56 Å². The van der Waals surface area contributed by atoms with Gasteiger partial charge in [0.1, 0.15) is 18.8 Å². The highest BCUT2D eigenvalue weighted by Gasteiger charge is 2.33. The molecule has 3 N–H and O–H groups in total. The molecule has 3 heteroatoms. The summed E-state index contributed by atoms with van der Waals surface area (Å²) in [6.07, 6.45) is 0. The zero-order chi connectivity index (χ0) is 17.5. The average molecular weight is 334 g/mol. The van der Waals surface area contributed by atoms with Gasteiger partial charge in [0.25, 0.3) is 0 Å². The van der Waals surface area contributed by atoms with Crippen LogP contribution in [-0.4, -0.2) is 18.8 Å². The number of rotatable bonds is 7. The van der Waals surface area contributed by atoms with Gasteiger partial charge in [-0.05, 0) is 23.3 Å². The van der Waals surface area contributed by atoms with Crippen LogP contribution < -0.4 is 10.1 Å². The van der Waals surface area contributed by atoms with Gasteiger partial charge in [0.2, 0.25) is 0 Å². The van der Waals surface area contributed by atoms with E-state index < -0.39 is 5.60 Å². The molecule has 0 fully saturated rings. The van der Waals surface area contributed by atoms with E-state index in [1.54, 1.807) is 7.11 Å². The van der Waals surface area contributed by atoms with Crippen LogP contribution in [0.15, 0.2) is 84.9 Å². The van der Waals surface area contributed by atoms with Gasteiger partial charge in [-0.1, -0.05) is 72.8 Å². The number of benzene rings is 3. The van der Waals surface area contributed by atoms with Crippen LogP contribution in [0.25, 0.3) is 0 Å². The number of methoxy groups -OCH3 is 1. The topological polar surface area (TPSA) is 46.1 Å². The lowest BCUT2D eigenvalue weighted by molar-refractivity contribution is -0.682. The van der Waals surface area contributed by atoms with E-state index in [9.17, 15) is 5.11 Å². The Balaban J connectivity index is 1.79. The van der Waals surface area contributed by atoms with Crippen molar-refractivity contribution in [1.82, 2.24) is 0 Å². The summed E-state index contributed by atoms with van der Waals surface area (Å²) in [5, 5.41) is 13.6. The summed E-state index contributed by atoms with van der Waals surface area (Å²) in [5.74, 6) is 0.854. The number of hydrogen-bond acceptors (Lipinski definition) is 2. The second kappa shape index (κ2) is 7.97. The molecule has 0 bridgehead atoms. The average Bonchev–Trinajstić information content (AvgIpc) is 2.69. The van der Waals surface area contributed by atoms with Gasteiger partial charge in [0.05, 0.1) is 7.11 Å². The van der Waals surface area contributed by atoms with Gasteiger partial charge in [-0.2, -0.15) is 0 Å². The Labute approximate surface area is 148 Å². The lowest BCUT2D eigenvalue weighted by atomic mass is 9.86. The predicted octanol–water partition coefficient (Wildman–Crippen LogP) is 2.69. The van der Waals surface area contributed by atoms with Crippen LogP contribution in [0.3, 0.4) is 0 Å². The van der Waals surface area contributed by atoms with Crippen molar-refractivity contribution in [2.24, 2.45) is 0 Å². The summed E-state index contributed by atoms with van der Waals surface area (Å²) in [4.78, 5) is 0. The molecule has 0 atom stereocenters. The van der Waals surface area contributed by atoms with Gasteiger partial charge in [-0.3, -0.25) is 0 Å². The molecule has 0 aromatic heterocycles. The highest BCUT2D eigenvalue weighted by molar-refractivity contribution is 5.36. The SMILES string of the molecule is COc1cccc(C[NH2+]CC(O)(c2ccccc2)c2ccccc2)c1. The lowest BCUT2D eigenvalue weighted by Gasteiger charge is -2.27. The standard InChI is InChI=1S/C22H23NO2/c1-25-21-14-8-9-18(15-21)16-23-17-22(24,19-10-4-2-5-11-19)20-12-6-3-7-13-20/h2-15,23-24H,16-17H2,1H3/p+1. The molecule has 0 spiro atoms. The molecule has 0 saturated heterocycles. The maximum atomic E-state index is 11.5. The van der Waals surface area contributed by atoms with E-state index >= 15 is 0 Å². The maximum absolute atomic E-state index is 11.5. The Morgan fingerprint density at radius 1 is 0.840 bits per heavy atom. The molecule has 0 aliphatic carbocycles. The first-order valence-electron chi connectivity index (χ1n) is 8.50. The van der Waals surface area contributed by atoms with Crippen molar-refractivity contribution >= 4 is 0 Å². The molecule has 3 aromatic carbocycles. The minimum absolute atomic E-state index is 0.540. The fourth-order valence-electron chi connectivity index (χ4n) is 3.08. The summed E-state index contributed by atoms with van der Waals surface area (Å²) in [5.41, 5.74) is 1.95. The molecule has 0 unspecified atom stereocenters. The minimum Gasteiger partial charge on any atom is -0.497 e. The molecule has 25 heavy (non-hydrogen) atoms. The quantitative estimate of drug-likeness (QED) is 0.698. The zero-order valence-corrected chi connectivity index (χ0v) is 14.4. The Morgan fingerprint density at radius 3 is 2.00 bits per heavy atom.